The molecule has 1 unspecified atom stereocenters. The van der Waals surface area contributed by atoms with Crippen LogP contribution < -0.4 is 0 Å². The molecule has 0 saturated carbocycles. The van der Waals surface area contributed by atoms with Crippen LogP contribution in [-0.4, -0.2) is 38.2 Å². The Bertz CT molecular complexity index is 762. The highest BCUT2D eigenvalue weighted by Crippen LogP contribution is 2.27. The number of ether oxygens (including phenoxy) is 1. The van der Waals surface area contributed by atoms with Gasteiger partial charge in [0.2, 0.25) is 0 Å². The predicted molar refractivity (Wildman–Crippen MR) is 87.4 cm³/mol. The van der Waals surface area contributed by atoms with Gasteiger partial charge in [0.25, 0.3) is 5.69 Å². The van der Waals surface area contributed by atoms with Gasteiger partial charge in [-0.05, 0) is 25.0 Å². The van der Waals surface area contributed by atoms with Crippen molar-refractivity contribution >= 4 is 17.4 Å². The average Bonchev–Trinajstić information content (AvgIpc) is 3.23. The van der Waals surface area contributed by atoms with Crippen LogP contribution in [0.15, 0.2) is 29.4 Å². The topological polar surface area (TPSA) is 107 Å². The minimum Gasteiger partial charge on any atom is -0.376 e. The van der Waals surface area contributed by atoms with Gasteiger partial charge in [-0.15, -0.1) is 10.2 Å². The lowest BCUT2D eigenvalue weighted by Crippen LogP contribution is -2.16. The predicted octanol–water partition coefficient (Wildman–Crippen LogP) is 2.65. The third kappa shape index (κ3) is 3.55. The number of nitro groups is 1. The minimum atomic E-state index is -0.435. The summed E-state index contributed by atoms with van der Waals surface area (Å²) in [4.78, 5) is 10.4. The lowest BCUT2D eigenvalue weighted by atomic mass is 10.2. The monoisotopic (exact) mass is 345 g/mol. The van der Waals surface area contributed by atoms with Gasteiger partial charge in [-0.1, -0.05) is 11.8 Å². The molecule has 0 bridgehead atoms. The zero-order valence-electron chi connectivity index (χ0n) is 12.8. The molecule has 1 fully saturated rings. The number of benzene rings is 1. The minimum absolute atomic E-state index is 0.0306. The second-order valence-corrected chi connectivity index (χ2v) is 6.25. The van der Waals surface area contributed by atoms with Crippen molar-refractivity contribution in [2.24, 2.45) is 0 Å². The Morgan fingerprint density at radius 1 is 1.42 bits per heavy atom. The summed E-state index contributed by atoms with van der Waals surface area (Å²) in [6.07, 6.45) is 2.10. The molecule has 1 aliphatic heterocycles. The smallest absolute Gasteiger partial charge is 0.269 e. The van der Waals surface area contributed by atoms with Crippen LogP contribution in [0.25, 0.3) is 11.4 Å². The van der Waals surface area contributed by atoms with Crippen LogP contribution in [0.4, 0.5) is 5.69 Å². The van der Waals surface area contributed by atoms with Crippen LogP contribution in [0.1, 0.15) is 12.8 Å². The first kappa shape index (κ1) is 16.4. The summed E-state index contributed by atoms with van der Waals surface area (Å²) in [7, 11) is 0. The Balaban J connectivity index is 1.91. The number of nitro benzene ring substituents is 1. The largest absolute Gasteiger partial charge is 0.376 e. The fraction of sp³-hybridized carbons (Fsp3) is 0.400. The number of hydrogen-bond acceptors (Lipinski definition) is 7. The van der Waals surface area contributed by atoms with Crippen molar-refractivity contribution in [3.63, 3.8) is 0 Å². The van der Waals surface area contributed by atoms with Crippen molar-refractivity contribution < 1.29 is 9.66 Å². The SMILES string of the molecule is N#CCSc1nnc(-c2ccc([N+](=O)[O-])cc2)n1CC1CCCO1. The molecule has 1 atom stereocenters. The van der Waals surface area contributed by atoms with Crippen LogP contribution >= 0.6 is 11.8 Å². The van der Waals surface area contributed by atoms with Crippen LogP contribution in [0, 0.1) is 21.4 Å². The van der Waals surface area contributed by atoms with Crippen LogP contribution in [0.2, 0.25) is 0 Å². The molecular weight excluding hydrogens is 330 g/mol. The van der Waals surface area contributed by atoms with Gasteiger partial charge in [0, 0.05) is 24.3 Å². The van der Waals surface area contributed by atoms with Gasteiger partial charge in [-0.25, -0.2) is 0 Å². The molecule has 0 amide bonds. The highest BCUT2D eigenvalue weighted by molar-refractivity contribution is 7.99. The Labute approximate surface area is 142 Å². The van der Waals surface area contributed by atoms with Crippen LogP contribution in [0.5, 0.6) is 0 Å². The Morgan fingerprint density at radius 3 is 2.83 bits per heavy atom. The van der Waals surface area contributed by atoms with Gasteiger partial charge in [-0.3, -0.25) is 14.7 Å². The molecule has 9 heteroatoms. The second-order valence-electron chi connectivity index (χ2n) is 5.30. The van der Waals surface area contributed by atoms with E-state index in [1.54, 1.807) is 12.1 Å². The average molecular weight is 345 g/mol. The first-order chi connectivity index (χ1) is 11.7. The molecule has 124 valence electrons. The van der Waals surface area contributed by atoms with Crippen molar-refractivity contribution in [2.45, 2.75) is 30.6 Å². The van der Waals surface area contributed by atoms with Gasteiger partial charge in [-0.2, -0.15) is 5.26 Å². The van der Waals surface area contributed by atoms with Crippen LogP contribution in [-0.2, 0) is 11.3 Å². The van der Waals surface area contributed by atoms with Gasteiger partial charge >= 0.3 is 0 Å². The number of hydrogen-bond donors (Lipinski definition) is 0. The summed E-state index contributed by atoms with van der Waals surface area (Å²) in [5.74, 6) is 0.907. The Morgan fingerprint density at radius 2 is 2.21 bits per heavy atom. The van der Waals surface area contributed by atoms with E-state index in [1.165, 1.54) is 23.9 Å². The maximum Gasteiger partial charge on any atom is 0.269 e. The summed E-state index contributed by atoms with van der Waals surface area (Å²) < 4.78 is 7.62. The maximum absolute atomic E-state index is 10.8. The summed E-state index contributed by atoms with van der Waals surface area (Å²) in [5.41, 5.74) is 0.776. The summed E-state index contributed by atoms with van der Waals surface area (Å²) in [6.45, 7) is 1.35. The second kappa shape index (κ2) is 7.42. The molecular formula is C15H15N5O3S. The Hall–Kier alpha value is -2.44. The first-order valence-corrected chi connectivity index (χ1v) is 8.47. The zero-order chi connectivity index (χ0) is 16.9. The van der Waals surface area contributed by atoms with Crippen molar-refractivity contribution in [3.05, 3.63) is 34.4 Å². The number of aromatic nitrogens is 3. The third-order valence-corrected chi connectivity index (χ3v) is 4.56. The highest BCUT2D eigenvalue weighted by Gasteiger charge is 2.22. The van der Waals surface area contributed by atoms with Gasteiger partial charge < -0.3 is 4.74 Å². The molecule has 1 aromatic carbocycles. The van der Waals surface area contributed by atoms with Gasteiger partial charge in [0.1, 0.15) is 0 Å². The summed E-state index contributed by atoms with van der Waals surface area (Å²) in [5, 5.41) is 28.6. The molecule has 2 aromatic rings. The number of nitrogens with zero attached hydrogens (tertiary/aromatic N) is 5. The van der Waals surface area contributed by atoms with E-state index in [4.69, 9.17) is 10.00 Å². The van der Waals surface area contributed by atoms with E-state index in [0.29, 0.717) is 17.5 Å². The van der Waals surface area contributed by atoms with Crippen molar-refractivity contribution in [2.75, 3.05) is 12.4 Å². The number of thioether (sulfide) groups is 1. The number of nitriles is 1. The molecule has 0 N–H and O–H groups in total. The molecule has 8 nitrogen and oxygen atoms in total. The molecule has 0 aliphatic carbocycles. The number of non-ortho nitro benzene ring substituents is 1. The van der Waals surface area contributed by atoms with Crippen molar-refractivity contribution in [3.8, 4) is 17.5 Å². The zero-order valence-corrected chi connectivity index (χ0v) is 13.6. The maximum atomic E-state index is 10.8. The molecule has 2 heterocycles. The molecule has 1 saturated heterocycles. The summed E-state index contributed by atoms with van der Waals surface area (Å²) >= 11 is 1.32. The summed E-state index contributed by atoms with van der Waals surface area (Å²) in [6, 6.07) is 8.29. The van der Waals surface area contributed by atoms with E-state index in [-0.39, 0.29) is 17.5 Å². The van der Waals surface area contributed by atoms with E-state index in [1.807, 2.05) is 4.57 Å². The molecule has 1 aliphatic rings. The normalized spacial score (nSPS) is 16.9. The van der Waals surface area contributed by atoms with Gasteiger partial charge in [0.05, 0.1) is 29.4 Å². The molecule has 3 rings (SSSR count). The molecule has 0 spiro atoms. The fourth-order valence-electron chi connectivity index (χ4n) is 2.59. The van der Waals surface area contributed by atoms with E-state index >= 15 is 0 Å². The molecule has 1 aromatic heterocycles. The lowest BCUT2D eigenvalue weighted by Gasteiger charge is -2.14. The van der Waals surface area contributed by atoms with E-state index in [0.717, 1.165) is 25.0 Å². The molecule has 24 heavy (non-hydrogen) atoms. The van der Waals surface area contributed by atoms with Gasteiger partial charge in [0.15, 0.2) is 11.0 Å². The number of rotatable bonds is 6. The van der Waals surface area contributed by atoms with Crippen LogP contribution in [0.3, 0.4) is 0 Å². The first-order valence-electron chi connectivity index (χ1n) is 7.48. The van der Waals surface area contributed by atoms with E-state index in [2.05, 4.69) is 16.3 Å². The fourth-order valence-corrected chi connectivity index (χ4v) is 3.20. The van der Waals surface area contributed by atoms with E-state index < -0.39 is 4.92 Å². The molecule has 0 radical (unpaired) electrons. The van der Waals surface area contributed by atoms with E-state index in [9.17, 15) is 10.1 Å². The quantitative estimate of drug-likeness (QED) is 0.450. The standard InChI is InChI=1S/C15H15N5O3S/c16-7-9-24-15-18-17-14(19(15)10-13-2-1-8-23-13)11-3-5-12(6-4-11)20(21)22/h3-6,13H,1-2,8-10H2. The van der Waals surface area contributed by atoms with Crippen molar-refractivity contribution in [1.82, 2.24) is 14.8 Å². The Kier molecular flexibility index (Phi) is 5.08. The third-order valence-electron chi connectivity index (χ3n) is 3.73. The van der Waals surface area contributed by atoms with Crippen molar-refractivity contribution in [1.29, 1.82) is 5.26 Å². The highest BCUT2D eigenvalue weighted by atomic mass is 32.2. The lowest BCUT2D eigenvalue weighted by molar-refractivity contribution is -0.384.